The van der Waals surface area contributed by atoms with Crippen molar-refractivity contribution in [1.29, 1.82) is 0 Å². The van der Waals surface area contributed by atoms with Crippen molar-refractivity contribution in [2.24, 2.45) is 28.6 Å². The Morgan fingerprint density at radius 1 is 1.14 bits per heavy atom. The fourth-order valence-corrected chi connectivity index (χ4v) is 5.22. The summed E-state index contributed by atoms with van der Waals surface area (Å²) in [5.41, 5.74) is -1.15. The van der Waals surface area contributed by atoms with Crippen LogP contribution in [0.2, 0.25) is 0 Å². The molecular weight excluding hydrogens is 284 g/mol. The molecule has 0 saturated heterocycles. The number of methoxy groups -OCH3 is 1. The fourth-order valence-electron chi connectivity index (χ4n) is 5.22. The van der Waals surface area contributed by atoms with Crippen LogP contribution in [0.4, 0.5) is 0 Å². The Morgan fingerprint density at radius 3 is 2.18 bits per heavy atom. The van der Waals surface area contributed by atoms with Crippen LogP contribution in [0.15, 0.2) is 0 Å². The summed E-state index contributed by atoms with van der Waals surface area (Å²) in [5.74, 6) is -0.955. The minimum absolute atomic E-state index is 0.0120. The number of rotatable bonds is 3. The highest BCUT2D eigenvalue weighted by atomic mass is 16.5. The number of carbonyl (C=O) groups is 3. The highest BCUT2D eigenvalue weighted by Crippen LogP contribution is 2.67. The lowest BCUT2D eigenvalue weighted by Crippen LogP contribution is -2.43. The van der Waals surface area contributed by atoms with Crippen LogP contribution < -0.4 is 0 Å². The number of fused-ring (bicyclic) bond motifs is 1. The second kappa shape index (κ2) is 5.36. The van der Waals surface area contributed by atoms with Gasteiger partial charge >= 0.3 is 11.9 Å². The van der Waals surface area contributed by atoms with E-state index in [-0.39, 0.29) is 41.6 Å². The molecule has 0 spiro atoms. The first-order valence-electron chi connectivity index (χ1n) is 7.85. The van der Waals surface area contributed by atoms with Gasteiger partial charge in [0.1, 0.15) is 11.9 Å². The van der Waals surface area contributed by atoms with Gasteiger partial charge in [-0.15, -0.1) is 0 Å². The summed E-state index contributed by atoms with van der Waals surface area (Å²) in [6, 6.07) is 0. The van der Waals surface area contributed by atoms with E-state index in [1.807, 2.05) is 20.8 Å². The van der Waals surface area contributed by atoms with Gasteiger partial charge in [-0.05, 0) is 31.1 Å². The minimum Gasteiger partial charge on any atom is -0.469 e. The summed E-state index contributed by atoms with van der Waals surface area (Å²) in [4.78, 5) is 36.2. The largest absolute Gasteiger partial charge is 0.469 e. The van der Waals surface area contributed by atoms with Crippen molar-refractivity contribution in [3.63, 3.8) is 0 Å². The Morgan fingerprint density at radius 2 is 1.73 bits per heavy atom. The van der Waals surface area contributed by atoms with Crippen molar-refractivity contribution in [1.82, 2.24) is 0 Å². The smallest absolute Gasteiger partial charge is 0.312 e. The molecule has 5 nitrogen and oxygen atoms in total. The molecule has 0 amide bonds. The molecule has 124 valence electrons. The van der Waals surface area contributed by atoms with E-state index in [1.54, 1.807) is 6.92 Å². The molecule has 0 aromatic rings. The number of esters is 2. The molecule has 1 unspecified atom stereocenters. The van der Waals surface area contributed by atoms with Crippen molar-refractivity contribution in [3.8, 4) is 0 Å². The quantitative estimate of drug-likeness (QED) is 0.749. The SMILES string of the molecule is COC(=O)[C@@]12CC(C(C)=O)C(C)(C)[C@@H]1[C@@H](OC(C)=O)C[C@H]2C. The normalized spacial score (nSPS) is 39.2. The van der Waals surface area contributed by atoms with Crippen molar-refractivity contribution >= 4 is 17.7 Å². The predicted octanol–water partition coefficient (Wildman–Crippen LogP) is 2.37. The third kappa shape index (κ3) is 2.17. The van der Waals surface area contributed by atoms with Gasteiger partial charge in [0.25, 0.3) is 0 Å². The van der Waals surface area contributed by atoms with Gasteiger partial charge in [-0.25, -0.2) is 0 Å². The molecule has 5 atom stereocenters. The van der Waals surface area contributed by atoms with Gasteiger partial charge < -0.3 is 9.47 Å². The van der Waals surface area contributed by atoms with Crippen LogP contribution in [0.25, 0.3) is 0 Å². The summed E-state index contributed by atoms with van der Waals surface area (Å²) >= 11 is 0. The molecule has 2 aliphatic rings. The summed E-state index contributed by atoms with van der Waals surface area (Å²) < 4.78 is 10.6. The van der Waals surface area contributed by atoms with Gasteiger partial charge in [0.15, 0.2) is 0 Å². The lowest BCUT2D eigenvalue weighted by Gasteiger charge is -2.37. The third-order valence-electron chi connectivity index (χ3n) is 6.01. The van der Waals surface area contributed by atoms with E-state index in [2.05, 4.69) is 0 Å². The molecule has 22 heavy (non-hydrogen) atoms. The Bertz CT molecular complexity index is 509. The van der Waals surface area contributed by atoms with E-state index in [9.17, 15) is 14.4 Å². The van der Waals surface area contributed by atoms with Gasteiger partial charge in [0, 0.05) is 18.8 Å². The number of ketones is 1. The predicted molar refractivity (Wildman–Crippen MR) is 79.8 cm³/mol. The summed E-state index contributed by atoms with van der Waals surface area (Å²) in [5, 5.41) is 0. The molecule has 0 N–H and O–H groups in total. The zero-order chi connectivity index (χ0) is 16.9. The van der Waals surface area contributed by atoms with Crippen LogP contribution in [0.1, 0.15) is 47.5 Å². The van der Waals surface area contributed by atoms with E-state index in [4.69, 9.17) is 9.47 Å². The van der Waals surface area contributed by atoms with Crippen molar-refractivity contribution in [3.05, 3.63) is 0 Å². The topological polar surface area (TPSA) is 69.7 Å². The van der Waals surface area contributed by atoms with Crippen molar-refractivity contribution < 1.29 is 23.9 Å². The van der Waals surface area contributed by atoms with Gasteiger partial charge in [0.05, 0.1) is 12.5 Å². The molecule has 2 saturated carbocycles. The Hall–Kier alpha value is -1.39. The molecule has 0 aliphatic heterocycles. The second-order valence-corrected chi connectivity index (χ2v) is 7.48. The van der Waals surface area contributed by atoms with E-state index in [0.717, 1.165) is 0 Å². The fraction of sp³-hybridized carbons (Fsp3) is 0.824. The first-order valence-corrected chi connectivity index (χ1v) is 7.85. The van der Waals surface area contributed by atoms with E-state index in [0.29, 0.717) is 12.8 Å². The summed E-state index contributed by atoms with van der Waals surface area (Å²) in [7, 11) is 1.38. The number of hydrogen-bond acceptors (Lipinski definition) is 5. The number of ether oxygens (including phenoxy) is 2. The Labute approximate surface area is 131 Å². The average Bonchev–Trinajstić information content (AvgIpc) is 2.81. The molecular formula is C17H26O5. The maximum Gasteiger partial charge on any atom is 0.312 e. The summed E-state index contributed by atoms with van der Waals surface area (Å²) in [6.07, 6.45) is 0.768. The highest BCUT2D eigenvalue weighted by Gasteiger charge is 2.71. The van der Waals surface area contributed by atoms with Crippen LogP contribution in [-0.2, 0) is 23.9 Å². The lowest BCUT2D eigenvalue weighted by atomic mass is 9.68. The molecule has 0 aromatic carbocycles. The standard InChI is InChI=1S/C17H26O5/c1-9-7-13(22-11(3)19)14-16(4,5)12(10(2)18)8-17(9,14)15(20)21-6/h9,12-14H,7-8H2,1-6H3/t9-,12?,13+,14+,17-/m1/s1. The number of hydrogen-bond donors (Lipinski definition) is 0. The van der Waals surface area contributed by atoms with Crippen LogP contribution in [-0.4, -0.2) is 30.9 Å². The van der Waals surface area contributed by atoms with Gasteiger partial charge in [-0.3, -0.25) is 14.4 Å². The van der Waals surface area contributed by atoms with E-state index < -0.39 is 10.8 Å². The molecule has 0 heterocycles. The summed E-state index contributed by atoms with van der Waals surface area (Å²) in [6.45, 7) is 8.95. The first-order chi connectivity index (χ1) is 10.1. The molecule has 2 aliphatic carbocycles. The van der Waals surface area contributed by atoms with E-state index >= 15 is 0 Å². The van der Waals surface area contributed by atoms with Gasteiger partial charge in [-0.1, -0.05) is 20.8 Å². The maximum absolute atomic E-state index is 12.6. The molecule has 0 radical (unpaired) electrons. The zero-order valence-electron chi connectivity index (χ0n) is 14.3. The molecule has 2 rings (SSSR count). The van der Waals surface area contributed by atoms with Crippen LogP contribution >= 0.6 is 0 Å². The molecule has 5 heteroatoms. The monoisotopic (exact) mass is 310 g/mol. The zero-order valence-corrected chi connectivity index (χ0v) is 14.3. The maximum atomic E-state index is 12.6. The van der Waals surface area contributed by atoms with Crippen molar-refractivity contribution in [2.75, 3.05) is 7.11 Å². The third-order valence-corrected chi connectivity index (χ3v) is 6.01. The first kappa shape index (κ1) is 17.0. The second-order valence-electron chi connectivity index (χ2n) is 7.48. The van der Waals surface area contributed by atoms with Crippen molar-refractivity contribution in [2.45, 2.75) is 53.6 Å². The van der Waals surface area contributed by atoms with Crippen LogP contribution in [0.5, 0.6) is 0 Å². The highest BCUT2D eigenvalue weighted by molar-refractivity contribution is 5.85. The van der Waals surface area contributed by atoms with E-state index in [1.165, 1.54) is 14.0 Å². The van der Waals surface area contributed by atoms with Crippen LogP contribution in [0, 0.1) is 28.6 Å². The average molecular weight is 310 g/mol. The Kier molecular flexibility index (Phi) is 4.13. The van der Waals surface area contributed by atoms with Gasteiger partial charge in [-0.2, -0.15) is 0 Å². The lowest BCUT2D eigenvalue weighted by molar-refractivity contribution is -0.163. The minimum atomic E-state index is -0.741. The molecule has 0 bridgehead atoms. The number of Topliss-reactive ketones (excluding diaryl/α,β-unsaturated/α-hetero) is 1. The molecule has 2 fully saturated rings. The van der Waals surface area contributed by atoms with Crippen LogP contribution in [0.3, 0.4) is 0 Å². The van der Waals surface area contributed by atoms with Gasteiger partial charge in [0.2, 0.25) is 0 Å². The number of carbonyl (C=O) groups excluding carboxylic acids is 3. The Balaban J connectivity index is 2.54. The molecule has 0 aromatic heterocycles.